The first-order valence-electron chi connectivity index (χ1n) is 9.63. The molecular formula is C20H28ClN7O. The van der Waals surface area contributed by atoms with Crippen molar-refractivity contribution in [2.45, 2.75) is 18.9 Å². The number of nitrogens with zero attached hydrogens (tertiary/aromatic N) is 5. The van der Waals surface area contributed by atoms with Crippen LogP contribution in [0.2, 0.25) is 5.02 Å². The van der Waals surface area contributed by atoms with Gasteiger partial charge in [0, 0.05) is 25.3 Å². The lowest BCUT2D eigenvalue weighted by atomic mass is 10.1. The second kappa shape index (κ2) is 9.76. The summed E-state index contributed by atoms with van der Waals surface area (Å²) in [5.41, 5.74) is 0.849. The molecule has 0 radical (unpaired) electrons. The largest absolute Gasteiger partial charge is 0.495 e. The van der Waals surface area contributed by atoms with Gasteiger partial charge in [0.05, 0.1) is 12.1 Å². The standard InChI is InChI=1S/C20H28ClN7O/c1-5-10-22-18-24-19(23-14-8-11-27(2)12-9-14)26-20(25-18)28(3)15-6-7-17(29-4)16(21)13-15/h5-7,13-14H,1,8-12H2,2-4H3,(H2,22,23,24,25,26). The highest BCUT2D eigenvalue weighted by atomic mass is 35.5. The Morgan fingerprint density at radius 3 is 2.66 bits per heavy atom. The lowest BCUT2D eigenvalue weighted by Crippen LogP contribution is -2.37. The number of benzene rings is 1. The molecule has 9 heteroatoms. The lowest BCUT2D eigenvalue weighted by Gasteiger charge is -2.29. The number of hydrogen-bond donors (Lipinski definition) is 2. The molecule has 1 aliphatic heterocycles. The fourth-order valence-corrected chi connectivity index (χ4v) is 3.39. The van der Waals surface area contributed by atoms with Crippen LogP contribution in [-0.4, -0.2) is 66.7 Å². The molecule has 0 spiro atoms. The van der Waals surface area contributed by atoms with Crippen molar-refractivity contribution >= 4 is 35.1 Å². The topological polar surface area (TPSA) is 78.4 Å². The summed E-state index contributed by atoms with van der Waals surface area (Å²) in [6.45, 7) is 6.42. The van der Waals surface area contributed by atoms with Crippen molar-refractivity contribution in [2.75, 3.05) is 56.4 Å². The summed E-state index contributed by atoms with van der Waals surface area (Å²) in [7, 11) is 5.63. The molecule has 1 saturated heterocycles. The smallest absolute Gasteiger partial charge is 0.236 e. The van der Waals surface area contributed by atoms with E-state index >= 15 is 0 Å². The Labute approximate surface area is 177 Å². The summed E-state index contributed by atoms with van der Waals surface area (Å²) in [5.74, 6) is 2.19. The minimum atomic E-state index is 0.342. The van der Waals surface area contributed by atoms with Crippen molar-refractivity contribution in [3.8, 4) is 5.75 Å². The Morgan fingerprint density at radius 2 is 2.00 bits per heavy atom. The van der Waals surface area contributed by atoms with Gasteiger partial charge in [-0.1, -0.05) is 17.7 Å². The lowest BCUT2D eigenvalue weighted by molar-refractivity contribution is 0.263. The van der Waals surface area contributed by atoms with Gasteiger partial charge in [0.1, 0.15) is 5.75 Å². The zero-order chi connectivity index (χ0) is 20.8. The molecule has 0 amide bonds. The van der Waals surface area contributed by atoms with E-state index in [1.165, 1.54) is 0 Å². The van der Waals surface area contributed by atoms with Crippen molar-refractivity contribution in [2.24, 2.45) is 0 Å². The van der Waals surface area contributed by atoms with Gasteiger partial charge in [-0.25, -0.2) is 0 Å². The first kappa shape index (κ1) is 21.1. The molecule has 1 aromatic carbocycles. The number of rotatable bonds is 8. The summed E-state index contributed by atoms with van der Waals surface area (Å²) in [6, 6.07) is 5.90. The first-order valence-corrected chi connectivity index (χ1v) is 10.0. The van der Waals surface area contributed by atoms with Crippen LogP contribution in [0.1, 0.15) is 12.8 Å². The van der Waals surface area contributed by atoms with Gasteiger partial charge in [0.2, 0.25) is 17.8 Å². The zero-order valence-corrected chi connectivity index (χ0v) is 17.9. The molecule has 2 N–H and O–H groups in total. The van der Waals surface area contributed by atoms with Crippen LogP contribution in [-0.2, 0) is 0 Å². The molecule has 3 rings (SSSR count). The fourth-order valence-electron chi connectivity index (χ4n) is 3.14. The fraction of sp³-hybridized carbons (Fsp3) is 0.450. The van der Waals surface area contributed by atoms with E-state index in [1.54, 1.807) is 13.2 Å². The van der Waals surface area contributed by atoms with Crippen molar-refractivity contribution in [1.29, 1.82) is 0 Å². The number of aromatic nitrogens is 3. The van der Waals surface area contributed by atoms with E-state index in [1.807, 2.05) is 30.1 Å². The van der Waals surface area contributed by atoms with Gasteiger partial charge in [-0.05, 0) is 51.2 Å². The number of ether oxygens (including phenoxy) is 1. The molecule has 0 saturated carbocycles. The average Bonchev–Trinajstić information content (AvgIpc) is 2.73. The van der Waals surface area contributed by atoms with E-state index in [0.29, 0.717) is 41.2 Å². The van der Waals surface area contributed by atoms with Crippen LogP contribution < -0.4 is 20.3 Å². The van der Waals surface area contributed by atoms with E-state index in [2.05, 4.69) is 44.1 Å². The molecule has 29 heavy (non-hydrogen) atoms. The summed E-state index contributed by atoms with van der Waals surface area (Å²) < 4.78 is 5.24. The number of likely N-dealkylation sites (tertiary alicyclic amines) is 1. The van der Waals surface area contributed by atoms with E-state index in [0.717, 1.165) is 31.6 Å². The molecule has 8 nitrogen and oxygen atoms in total. The normalized spacial score (nSPS) is 15.0. The van der Waals surface area contributed by atoms with Crippen molar-refractivity contribution in [3.63, 3.8) is 0 Å². The number of hydrogen-bond acceptors (Lipinski definition) is 8. The van der Waals surface area contributed by atoms with Crippen LogP contribution in [0.3, 0.4) is 0 Å². The monoisotopic (exact) mass is 417 g/mol. The maximum absolute atomic E-state index is 6.29. The van der Waals surface area contributed by atoms with E-state index < -0.39 is 0 Å². The Balaban J connectivity index is 1.85. The van der Waals surface area contributed by atoms with Crippen LogP contribution in [0.15, 0.2) is 30.9 Å². The third-order valence-corrected chi connectivity index (χ3v) is 5.20. The van der Waals surface area contributed by atoms with Crippen molar-refractivity contribution < 1.29 is 4.74 Å². The molecule has 2 heterocycles. The van der Waals surface area contributed by atoms with Crippen LogP contribution in [0.5, 0.6) is 5.75 Å². The SMILES string of the molecule is C=CCNc1nc(NC2CCN(C)CC2)nc(N(C)c2ccc(OC)c(Cl)c2)n1. The maximum Gasteiger partial charge on any atom is 0.236 e. The van der Waals surface area contributed by atoms with Gasteiger partial charge in [-0.15, -0.1) is 6.58 Å². The average molecular weight is 418 g/mol. The number of piperidine rings is 1. The summed E-state index contributed by atoms with van der Waals surface area (Å²) in [4.78, 5) is 17.9. The van der Waals surface area contributed by atoms with Crippen LogP contribution in [0.25, 0.3) is 0 Å². The third kappa shape index (κ3) is 5.48. The molecule has 156 valence electrons. The minimum absolute atomic E-state index is 0.342. The Bertz CT molecular complexity index is 840. The summed E-state index contributed by atoms with van der Waals surface area (Å²) in [5, 5.41) is 7.15. The van der Waals surface area contributed by atoms with Crippen LogP contribution in [0, 0.1) is 0 Å². The molecule has 0 atom stereocenters. The predicted octanol–water partition coefficient (Wildman–Crippen LogP) is 3.41. The van der Waals surface area contributed by atoms with Gasteiger partial charge >= 0.3 is 0 Å². The highest BCUT2D eigenvalue weighted by Crippen LogP contribution is 2.31. The van der Waals surface area contributed by atoms with Crippen molar-refractivity contribution in [1.82, 2.24) is 19.9 Å². The molecule has 2 aromatic rings. The molecular weight excluding hydrogens is 390 g/mol. The van der Waals surface area contributed by atoms with E-state index in [9.17, 15) is 0 Å². The summed E-state index contributed by atoms with van der Waals surface area (Å²) >= 11 is 6.29. The maximum atomic E-state index is 6.29. The van der Waals surface area contributed by atoms with Gasteiger partial charge in [0.15, 0.2) is 0 Å². The van der Waals surface area contributed by atoms with Gasteiger partial charge in [-0.2, -0.15) is 15.0 Å². The quantitative estimate of drug-likeness (QED) is 0.632. The molecule has 0 aliphatic carbocycles. The number of nitrogens with one attached hydrogen (secondary N) is 2. The third-order valence-electron chi connectivity index (χ3n) is 4.90. The Morgan fingerprint density at radius 1 is 1.28 bits per heavy atom. The van der Waals surface area contributed by atoms with Crippen LogP contribution in [0.4, 0.5) is 23.5 Å². The predicted molar refractivity (Wildman–Crippen MR) is 119 cm³/mol. The van der Waals surface area contributed by atoms with Crippen LogP contribution >= 0.6 is 11.6 Å². The molecule has 0 bridgehead atoms. The molecule has 1 aromatic heterocycles. The second-order valence-electron chi connectivity index (χ2n) is 7.05. The number of methoxy groups -OCH3 is 1. The minimum Gasteiger partial charge on any atom is -0.495 e. The Hall–Kier alpha value is -2.58. The number of anilines is 4. The van der Waals surface area contributed by atoms with Gasteiger partial charge < -0.3 is 25.2 Å². The Kier molecular flexibility index (Phi) is 7.11. The second-order valence-corrected chi connectivity index (χ2v) is 7.46. The van der Waals surface area contributed by atoms with E-state index in [-0.39, 0.29) is 0 Å². The highest BCUT2D eigenvalue weighted by molar-refractivity contribution is 6.32. The molecule has 0 unspecified atom stereocenters. The molecule has 1 fully saturated rings. The van der Waals surface area contributed by atoms with Gasteiger partial charge in [-0.3, -0.25) is 0 Å². The van der Waals surface area contributed by atoms with Gasteiger partial charge in [0.25, 0.3) is 0 Å². The number of halogens is 1. The van der Waals surface area contributed by atoms with Crippen molar-refractivity contribution in [3.05, 3.63) is 35.9 Å². The zero-order valence-electron chi connectivity index (χ0n) is 17.2. The highest BCUT2D eigenvalue weighted by Gasteiger charge is 2.19. The molecule has 1 aliphatic rings. The van der Waals surface area contributed by atoms with E-state index in [4.69, 9.17) is 16.3 Å². The first-order chi connectivity index (χ1) is 14.0. The summed E-state index contributed by atoms with van der Waals surface area (Å²) in [6.07, 6.45) is 3.87.